The average molecular weight is 264 g/mol. The van der Waals surface area contributed by atoms with Crippen LogP contribution in [0.25, 0.3) is 0 Å². The predicted octanol–water partition coefficient (Wildman–Crippen LogP) is 2.91. The molecule has 1 rings (SSSR count). The Morgan fingerprint density at radius 1 is 1.26 bits per heavy atom. The Kier molecular flexibility index (Phi) is 7.53. The van der Waals surface area contributed by atoms with Gasteiger partial charge in [-0.15, -0.1) is 0 Å². The first-order valence-electron chi connectivity index (χ1n) is 7.24. The smallest absolute Gasteiger partial charge is 0.119 e. The number of likely N-dealkylation sites (N-methyl/N-ethyl adjacent to an activating group) is 1. The van der Waals surface area contributed by atoms with Crippen LogP contribution in [-0.4, -0.2) is 38.2 Å². The van der Waals surface area contributed by atoms with E-state index in [9.17, 15) is 0 Å². The van der Waals surface area contributed by atoms with Crippen molar-refractivity contribution in [1.82, 2.24) is 10.2 Å². The van der Waals surface area contributed by atoms with Gasteiger partial charge in [-0.05, 0) is 45.1 Å². The van der Waals surface area contributed by atoms with Crippen molar-refractivity contribution in [3.8, 4) is 5.75 Å². The van der Waals surface area contributed by atoms with Crippen molar-refractivity contribution in [3.63, 3.8) is 0 Å². The Labute approximate surface area is 118 Å². The van der Waals surface area contributed by atoms with E-state index in [1.165, 1.54) is 18.4 Å². The predicted molar refractivity (Wildman–Crippen MR) is 81.7 cm³/mol. The zero-order valence-corrected chi connectivity index (χ0v) is 12.8. The summed E-state index contributed by atoms with van der Waals surface area (Å²) in [4.78, 5) is 2.36. The third-order valence-electron chi connectivity index (χ3n) is 3.48. The molecule has 0 saturated carbocycles. The molecule has 3 heteroatoms. The molecule has 0 aliphatic heterocycles. The first kappa shape index (κ1) is 16.0. The van der Waals surface area contributed by atoms with E-state index in [2.05, 4.69) is 43.2 Å². The van der Waals surface area contributed by atoms with Gasteiger partial charge in [-0.2, -0.15) is 0 Å². The molecule has 3 nitrogen and oxygen atoms in total. The molecule has 0 saturated heterocycles. The van der Waals surface area contributed by atoms with Gasteiger partial charge in [0.25, 0.3) is 0 Å². The molecule has 0 bridgehead atoms. The van der Waals surface area contributed by atoms with Crippen LogP contribution in [-0.2, 0) is 6.54 Å². The fourth-order valence-corrected chi connectivity index (χ4v) is 2.07. The largest absolute Gasteiger partial charge is 0.492 e. The summed E-state index contributed by atoms with van der Waals surface area (Å²) in [5.74, 6) is 0.955. The maximum absolute atomic E-state index is 5.78. The normalized spacial score (nSPS) is 12.7. The third-order valence-corrected chi connectivity index (χ3v) is 3.48. The van der Waals surface area contributed by atoms with Crippen LogP contribution in [0.5, 0.6) is 5.75 Å². The monoisotopic (exact) mass is 264 g/mol. The van der Waals surface area contributed by atoms with Crippen molar-refractivity contribution in [2.45, 2.75) is 39.3 Å². The topological polar surface area (TPSA) is 24.5 Å². The van der Waals surface area contributed by atoms with E-state index in [0.717, 1.165) is 25.4 Å². The molecule has 0 aliphatic carbocycles. The Balaban J connectivity index is 2.28. The van der Waals surface area contributed by atoms with Gasteiger partial charge in [0.05, 0.1) is 0 Å². The zero-order valence-electron chi connectivity index (χ0n) is 12.8. The van der Waals surface area contributed by atoms with Crippen molar-refractivity contribution in [3.05, 3.63) is 29.8 Å². The van der Waals surface area contributed by atoms with E-state index in [4.69, 9.17) is 4.74 Å². The van der Waals surface area contributed by atoms with Crippen LogP contribution in [0.2, 0.25) is 0 Å². The summed E-state index contributed by atoms with van der Waals surface area (Å²) in [7, 11) is 4.12. The van der Waals surface area contributed by atoms with Crippen LogP contribution in [0, 0.1) is 0 Å². The van der Waals surface area contributed by atoms with E-state index >= 15 is 0 Å². The van der Waals surface area contributed by atoms with E-state index in [0.29, 0.717) is 6.04 Å². The molecule has 1 aromatic carbocycles. The van der Waals surface area contributed by atoms with Crippen LogP contribution in [0.15, 0.2) is 24.3 Å². The van der Waals surface area contributed by atoms with E-state index in [-0.39, 0.29) is 0 Å². The molecule has 19 heavy (non-hydrogen) atoms. The first-order chi connectivity index (χ1) is 9.17. The fourth-order valence-electron chi connectivity index (χ4n) is 2.07. The molecular weight excluding hydrogens is 236 g/mol. The van der Waals surface area contributed by atoms with Crippen LogP contribution in [0.4, 0.5) is 0 Å². The number of hydrogen-bond acceptors (Lipinski definition) is 3. The van der Waals surface area contributed by atoms with Gasteiger partial charge in [-0.1, -0.05) is 25.5 Å². The van der Waals surface area contributed by atoms with Crippen molar-refractivity contribution >= 4 is 0 Å². The van der Waals surface area contributed by atoms with Gasteiger partial charge in [0.15, 0.2) is 0 Å². The summed E-state index contributed by atoms with van der Waals surface area (Å²) in [5, 5.41) is 3.14. The van der Waals surface area contributed by atoms with Gasteiger partial charge in [0, 0.05) is 19.1 Å². The van der Waals surface area contributed by atoms with Gasteiger partial charge in [-0.25, -0.2) is 0 Å². The van der Waals surface area contributed by atoms with Gasteiger partial charge >= 0.3 is 0 Å². The summed E-state index contributed by atoms with van der Waals surface area (Å²) in [5.41, 5.74) is 1.28. The number of benzene rings is 1. The third kappa shape index (κ3) is 6.08. The molecule has 0 heterocycles. The van der Waals surface area contributed by atoms with Gasteiger partial charge in [-0.3, -0.25) is 0 Å². The minimum Gasteiger partial charge on any atom is -0.492 e. The van der Waals surface area contributed by atoms with Crippen LogP contribution >= 0.6 is 0 Å². The van der Waals surface area contributed by atoms with Crippen LogP contribution in [0.1, 0.15) is 32.3 Å². The van der Waals surface area contributed by atoms with E-state index in [1.54, 1.807) is 0 Å². The van der Waals surface area contributed by atoms with E-state index < -0.39 is 0 Å². The standard InChI is InChI=1S/C16H28N2O/c1-5-6-14(2)18(4)11-12-19-16-9-7-15(8-10-16)13-17-3/h7-10,14,17H,5-6,11-13H2,1-4H3. The highest BCUT2D eigenvalue weighted by molar-refractivity contribution is 5.27. The lowest BCUT2D eigenvalue weighted by Gasteiger charge is -2.24. The number of hydrogen-bond donors (Lipinski definition) is 1. The number of nitrogens with one attached hydrogen (secondary N) is 1. The number of ether oxygens (including phenoxy) is 1. The van der Waals surface area contributed by atoms with Crippen LogP contribution < -0.4 is 10.1 Å². The maximum atomic E-state index is 5.78. The SMILES string of the molecule is CCCC(C)N(C)CCOc1ccc(CNC)cc1. The second-order valence-electron chi connectivity index (χ2n) is 5.14. The Bertz CT molecular complexity index is 337. The van der Waals surface area contributed by atoms with Gasteiger partial charge in [0.1, 0.15) is 12.4 Å². The molecule has 1 N–H and O–H groups in total. The summed E-state index contributed by atoms with van der Waals surface area (Å²) in [6, 6.07) is 8.93. The Hall–Kier alpha value is -1.06. The maximum Gasteiger partial charge on any atom is 0.119 e. The number of nitrogens with zero attached hydrogens (tertiary/aromatic N) is 1. The molecule has 0 fully saturated rings. The van der Waals surface area contributed by atoms with E-state index in [1.807, 2.05) is 19.2 Å². The Morgan fingerprint density at radius 2 is 1.95 bits per heavy atom. The summed E-state index contributed by atoms with van der Waals surface area (Å²) < 4.78 is 5.78. The van der Waals surface area contributed by atoms with Crippen molar-refractivity contribution in [1.29, 1.82) is 0 Å². The van der Waals surface area contributed by atoms with Crippen molar-refractivity contribution in [2.75, 3.05) is 27.2 Å². The quantitative estimate of drug-likeness (QED) is 0.742. The first-order valence-corrected chi connectivity index (χ1v) is 7.24. The molecule has 1 unspecified atom stereocenters. The lowest BCUT2D eigenvalue weighted by atomic mass is 10.2. The minimum absolute atomic E-state index is 0.631. The molecule has 1 aromatic rings. The average Bonchev–Trinajstić information content (AvgIpc) is 2.41. The molecule has 0 amide bonds. The Morgan fingerprint density at radius 3 is 2.53 bits per heavy atom. The molecule has 0 aliphatic rings. The zero-order chi connectivity index (χ0) is 14.1. The van der Waals surface area contributed by atoms with Crippen molar-refractivity contribution < 1.29 is 4.74 Å². The molecular formula is C16H28N2O. The molecule has 0 radical (unpaired) electrons. The minimum atomic E-state index is 0.631. The number of rotatable bonds is 9. The highest BCUT2D eigenvalue weighted by atomic mass is 16.5. The molecule has 1 atom stereocenters. The summed E-state index contributed by atoms with van der Waals surface area (Å²) >= 11 is 0. The summed E-state index contributed by atoms with van der Waals surface area (Å²) in [6.45, 7) is 7.12. The fraction of sp³-hybridized carbons (Fsp3) is 0.625. The lowest BCUT2D eigenvalue weighted by molar-refractivity contribution is 0.193. The van der Waals surface area contributed by atoms with Crippen LogP contribution in [0.3, 0.4) is 0 Å². The van der Waals surface area contributed by atoms with Gasteiger partial charge in [0.2, 0.25) is 0 Å². The molecule has 0 spiro atoms. The van der Waals surface area contributed by atoms with Gasteiger partial charge < -0.3 is 15.0 Å². The second-order valence-corrected chi connectivity index (χ2v) is 5.14. The highest BCUT2D eigenvalue weighted by Gasteiger charge is 2.07. The molecule has 108 valence electrons. The molecule has 0 aromatic heterocycles. The van der Waals surface area contributed by atoms with Crippen molar-refractivity contribution in [2.24, 2.45) is 0 Å². The summed E-state index contributed by atoms with van der Waals surface area (Å²) in [6.07, 6.45) is 2.48. The second kappa shape index (κ2) is 8.94. The lowest BCUT2D eigenvalue weighted by Crippen LogP contribution is -2.32. The highest BCUT2D eigenvalue weighted by Crippen LogP contribution is 2.12.